The number of nitrogen functional groups attached to an aromatic ring is 1. The number of hydrogen-bond donors (Lipinski definition) is 1. The molecule has 1 aromatic heterocycles. The minimum atomic E-state index is 0.350. The number of nitriles is 1. The van der Waals surface area contributed by atoms with E-state index in [0.717, 1.165) is 0 Å². The van der Waals surface area contributed by atoms with Crippen molar-refractivity contribution < 1.29 is 4.74 Å². The van der Waals surface area contributed by atoms with Crippen LogP contribution in [0.2, 0.25) is 0 Å². The zero-order chi connectivity index (χ0) is 10.8. The molecule has 5 nitrogen and oxygen atoms in total. The monoisotopic (exact) mass is 200 g/mol. The first-order valence-electron chi connectivity index (χ1n) is 4.25. The van der Waals surface area contributed by atoms with Gasteiger partial charge in [0, 0.05) is 0 Å². The van der Waals surface area contributed by atoms with Crippen molar-refractivity contribution in [2.45, 2.75) is 0 Å². The highest BCUT2D eigenvalue weighted by atomic mass is 16.5. The Balaban J connectivity index is 2.79. The average Bonchev–Trinajstić information content (AvgIpc) is 2.28. The maximum atomic E-state index is 8.91. The van der Waals surface area contributed by atoms with Gasteiger partial charge in [-0.1, -0.05) is 0 Å². The van der Waals surface area contributed by atoms with Crippen LogP contribution < -0.4 is 10.5 Å². The van der Waals surface area contributed by atoms with E-state index in [-0.39, 0.29) is 0 Å². The summed E-state index contributed by atoms with van der Waals surface area (Å²) in [6.45, 7) is 0. The molecular weight excluding hydrogens is 192 g/mol. The zero-order valence-corrected chi connectivity index (χ0v) is 8.06. The SMILES string of the molecule is COc1cnc2c(C#N)c(N)ccc2n1. The van der Waals surface area contributed by atoms with Crippen molar-refractivity contribution in [1.82, 2.24) is 9.97 Å². The van der Waals surface area contributed by atoms with Gasteiger partial charge in [-0.15, -0.1) is 0 Å². The van der Waals surface area contributed by atoms with Crippen LogP contribution in [-0.4, -0.2) is 17.1 Å². The van der Waals surface area contributed by atoms with Crippen molar-refractivity contribution in [3.63, 3.8) is 0 Å². The quantitative estimate of drug-likeness (QED) is 0.696. The smallest absolute Gasteiger partial charge is 0.232 e. The van der Waals surface area contributed by atoms with Crippen LogP contribution in [0.25, 0.3) is 11.0 Å². The Hall–Kier alpha value is -2.35. The van der Waals surface area contributed by atoms with E-state index in [1.54, 1.807) is 12.1 Å². The lowest BCUT2D eigenvalue weighted by atomic mass is 10.1. The van der Waals surface area contributed by atoms with Crippen molar-refractivity contribution in [3.8, 4) is 11.9 Å². The predicted octanol–water partition coefficient (Wildman–Crippen LogP) is 1.09. The van der Waals surface area contributed by atoms with Gasteiger partial charge in [-0.3, -0.25) is 0 Å². The molecule has 0 aliphatic heterocycles. The number of benzene rings is 1. The molecule has 0 aliphatic carbocycles. The number of methoxy groups -OCH3 is 1. The molecule has 2 N–H and O–H groups in total. The molecule has 0 atom stereocenters. The molecule has 0 spiro atoms. The van der Waals surface area contributed by atoms with Gasteiger partial charge in [0.25, 0.3) is 0 Å². The van der Waals surface area contributed by atoms with Crippen LogP contribution in [0.3, 0.4) is 0 Å². The number of nitrogens with two attached hydrogens (primary N) is 1. The molecule has 1 aromatic carbocycles. The van der Waals surface area contributed by atoms with E-state index in [0.29, 0.717) is 28.2 Å². The Morgan fingerprint density at radius 1 is 1.47 bits per heavy atom. The second-order valence-electron chi connectivity index (χ2n) is 2.92. The molecule has 0 amide bonds. The summed E-state index contributed by atoms with van der Waals surface area (Å²) in [4.78, 5) is 8.25. The molecule has 0 bridgehead atoms. The largest absolute Gasteiger partial charge is 0.480 e. The molecule has 0 aliphatic rings. The van der Waals surface area contributed by atoms with Gasteiger partial charge in [-0.05, 0) is 12.1 Å². The summed E-state index contributed by atoms with van der Waals surface area (Å²) in [6, 6.07) is 5.35. The molecule has 15 heavy (non-hydrogen) atoms. The van der Waals surface area contributed by atoms with Crippen molar-refractivity contribution >= 4 is 16.7 Å². The minimum Gasteiger partial charge on any atom is -0.480 e. The molecule has 0 fully saturated rings. The van der Waals surface area contributed by atoms with E-state index in [4.69, 9.17) is 15.7 Å². The van der Waals surface area contributed by atoms with Crippen molar-refractivity contribution in [2.75, 3.05) is 12.8 Å². The fourth-order valence-corrected chi connectivity index (χ4v) is 1.30. The number of fused-ring (bicyclic) bond motifs is 1. The summed E-state index contributed by atoms with van der Waals surface area (Å²) in [5.74, 6) is 0.413. The maximum Gasteiger partial charge on any atom is 0.232 e. The number of nitrogens with zero attached hydrogens (tertiary/aromatic N) is 3. The number of ether oxygens (including phenoxy) is 1. The van der Waals surface area contributed by atoms with E-state index in [2.05, 4.69) is 9.97 Å². The van der Waals surface area contributed by atoms with E-state index in [1.165, 1.54) is 13.3 Å². The van der Waals surface area contributed by atoms with Gasteiger partial charge in [-0.2, -0.15) is 5.26 Å². The number of rotatable bonds is 1. The van der Waals surface area contributed by atoms with Crippen LogP contribution in [0.5, 0.6) is 5.88 Å². The molecule has 2 rings (SSSR count). The fraction of sp³-hybridized carbons (Fsp3) is 0.100. The molecule has 0 saturated heterocycles. The van der Waals surface area contributed by atoms with Crippen molar-refractivity contribution in [2.24, 2.45) is 0 Å². The summed E-state index contributed by atoms with van der Waals surface area (Å²) in [5, 5.41) is 8.91. The fourth-order valence-electron chi connectivity index (χ4n) is 1.30. The number of anilines is 1. The lowest BCUT2D eigenvalue weighted by Crippen LogP contribution is -1.96. The summed E-state index contributed by atoms with van der Waals surface area (Å²) < 4.78 is 4.94. The summed E-state index contributed by atoms with van der Waals surface area (Å²) in [7, 11) is 1.51. The number of hydrogen-bond acceptors (Lipinski definition) is 5. The minimum absolute atomic E-state index is 0.350. The van der Waals surface area contributed by atoms with Crippen LogP contribution in [0.1, 0.15) is 5.56 Å². The standard InChI is InChI=1S/C10H8N4O/c1-15-9-5-13-10-6(4-11)7(12)2-3-8(10)14-9/h2-3,5H,12H2,1H3. The Morgan fingerprint density at radius 2 is 2.27 bits per heavy atom. The van der Waals surface area contributed by atoms with Gasteiger partial charge in [0.2, 0.25) is 5.88 Å². The maximum absolute atomic E-state index is 8.91. The molecule has 2 aromatic rings. The van der Waals surface area contributed by atoms with Crippen molar-refractivity contribution in [1.29, 1.82) is 5.26 Å². The first-order valence-corrected chi connectivity index (χ1v) is 4.25. The molecule has 1 heterocycles. The average molecular weight is 200 g/mol. The van der Waals surface area contributed by atoms with Gasteiger partial charge in [-0.25, -0.2) is 9.97 Å². The van der Waals surface area contributed by atoms with Crippen LogP contribution in [0, 0.1) is 11.3 Å². The van der Waals surface area contributed by atoms with E-state index >= 15 is 0 Å². The van der Waals surface area contributed by atoms with Gasteiger partial charge < -0.3 is 10.5 Å². The Kier molecular flexibility index (Phi) is 2.10. The van der Waals surface area contributed by atoms with E-state index < -0.39 is 0 Å². The Morgan fingerprint density at radius 3 is 2.93 bits per heavy atom. The van der Waals surface area contributed by atoms with Crippen molar-refractivity contribution in [3.05, 3.63) is 23.9 Å². The van der Waals surface area contributed by atoms with Gasteiger partial charge in [0.05, 0.1) is 24.5 Å². The third-order valence-electron chi connectivity index (χ3n) is 2.04. The summed E-state index contributed by atoms with van der Waals surface area (Å²) in [6.07, 6.45) is 1.46. The Labute approximate surface area is 86.1 Å². The highest BCUT2D eigenvalue weighted by Gasteiger charge is 2.07. The Bertz CT molecular complexity index is 559. The topological polar surface area (TPSA) is 84.8 Å². The highest BCUT2D eigenvalue weighted by Crippen LogP contribution is 2.21. The zero-order valence-electron chi connectivity index (χ0n) is 8.06. The van der Waals surface area contributed by atoms with Gasteiger partial charge >= 0.3 is 0 Å². The molecular formula is C10H8N4O. The second kappa shape index (κ2) is 3.42. The van der Waals surface area contributed by atoms with E-state index in [1.807, 2.05) is 6.07 Å². The summed E-state index contributed by atoms with van der Waals surface area (Å²) >= 11 is 0. The molecule has 5 heteroatoms. The molecule has 0 radical (unpaired) electrons. The lowest BCUT2D eigenvalue weighted by Gasteiger charge is -2.03. The first-order chi connectivity index (χ1) is 7.26. The number of aromatic nitrogens is 2. The second-order valence-corrected chi connectivity index (χ2v) is 2.92. The van der Waals surface area contributed by atoms with Gasteiger partial charge in [0.1, 0.15) is 17.1 Å². The van der Waals surface area contributed by atoms with Gasteiger partial charge in [0.15, 0.2) is 0 Å². The van der Waals surface area contributed by atoms with E-state index in [9.17, 15) is 0 Å². The van der Waals surface area contributed by atoms with Crippen LogP contribution >= 0.6 is 0 Å². The summed E-state index contributed by atoms with van der Waals surface area (Å²) in [5.41, 5.74) is 7.50. The lowest BCUT2D eigenvalue weighted by molar-refractivity contribution is 0.397. The van der Waals surface area contributed by atoms with Crippen LogP contribution in [-0.2, 0) is 0 Å². The highest BCUT2D eigenvalue weighted by molar-refractivity contribution is 5.86. The third-order valence-corrected chi connectivity index (χ3v) is 2.04. The molecule has 0 saturated carbocycles. The predicted molar refractivity (Wildman–Crippen MR) is 55.2 cm³/mol. The van der Waals surface area contributed by atoms with Crippen LogP contribution in [0.15, 0.2) is 18.3 Å². The van der Waals surface area contributed by atoms with Crippen LogP contribution in [0.4, 0.5) is 5.69 Å². The first kappa shape index (κ1) is 9.21. The molecule has 0 unspecified atom stereocenters. The molecule has 74 valence electrons. The normalized spacial score (nSPS) is 9.87. The third kappa shape index (κ3) is 1.42.